The van der Waals surface area contributed by atoms with E-state index in [4.69, 9.17) is 4.74 Å². The fourth-order valence-corrected chi connectivity index (χ4v) is 4.41. The van der Waals surface area contributed by atoms with Crippen LogP contribution in [-0.4, -0.2) is 25.9 Å². The molecule has 3 aromatic rings. The van der Waals surface area contributed by atoms with Crippen molar-refractivity contribution < 1.29 is 17.9 Å². The zero-order valence-electron chi connectivity index (χ0n) is 17.0. The van der Waals surface area contributed by atoms with Gasteiger partial charge in [0.1, 0.15) is 12.4 Å². The molecule has 9 heteroatoms. The van der Waals surface area contributed by atoms with Gasteiger partial charge < -0.3 is 10.1 Å². The summed E-state index contributed by atoms with van der Waals surface area (Å²) in [6.45, 7) is 5.94. The number of amides is 1. The van der Waals surface area contributed by atoms with E-state index in [1.807, 2.05) is 12.3 Å². The molecule has 0 aliphatic heterocycles. The van der Waals surface area contributed by atoms with Gasteiger partial charge in [-0.1, -0.05) is 24.3 Å². The molecule has 0 fully saturated rings. The van der Waals surface area contributed by atoms with Gasteiger partial charge in [-0.15, -0.1) is 17.9 Å². The average Bonchev–Trinajstić information content (AvgIpc) is 3.17. The topological polar surface area (TPSA) is 97.4 Å². The van der Waals surface area contributed by atoms with E-state index < -0.39 is 10.0 Å². The molecule has 0 aliphatic rings. The Kier molecular flexibility index (Phi) is 7.56. The summed E-state index contributed by atoms with van der Waals surface area (Å²) < 4.78 is 32.0. The maximum Gasteiger partial charge on any atom is 0.255 e. The normalized spacial score (nSPS) is 11.1. The molecule has 1 heterocycles. The summed E-state index contributed by atoms with van der Waals surface area (Å²) in [5.41, 5.74) is 2.48. The molecule has 1 amide bonds. The Balaban J connectivity index is 1.59. The predicted octanol–water partition coefficient (Wildman–Crippen LogP) is 3.89. The molecule has 0 unspecified atom stereocenters. The highest BCUT2D eigenvalue weighted by molar-refractivity contribution is 7.88. The van der Waals surface area contributed by atoms with Gasteiger partial charge in [0.25, 0.3) is 5.91 Å². The maximum absolute atomic E-state index is 12.6. The molecule has 0 spiro atoms. The number of sulfonamides is 1. The van der Waals surface area contributed by atoms with E-state index in [9.17, 15) is 13.2 Å². The van der Waals surface area contributed by atoms with Crippen LogP contribution in [0.25, 0.3) is 0 Å². The van der Waals surface area contributed by atoms with Crippen LogP contribution in [0.1, 0.15) is 26.6 Å². The number of anilines is 1. The predicted molar refractivity (Wildman–Crippen MR) is 123 cm³/mol. The van der Waals surface area contributed by atoms with Crippen LogP contribution in [-0.2, 0) is 22.4 Å². The van der Waals surface area contributed by atoms with Gasteiger partial charge >= 0.3 is 0 Å². The smallest absolute Gasteiger partial charge is 0.255 e. The molecule has 0 saturated heterocycles. The van der Waals surface area contributed by atoms with Crippen molar-refractivity contribution >= 4 is 33.0 Å². The minimum absolute atomic E-state index is 0.146. The summed E-state index contributed by atoms with van der Waals surface area (Å²) >= 11 is 1.56. The first-order valence-electron chi connectivity index (χ1n) is 9.47. The number of carbonyl (C=O) groups is 1. The van der Waals surface area contributed by atoms with Crippen LogP contribution in [0.3, 0.4) is 0 Å². The number of aromatic nitrogens is 1. The van der Waals surface area contributed by atoms with Gasteiger partial charge in [-0.25, -0.2) is 18.1 Å². The molecule has 162 valence electrons. The van der Waals surface area contributed by atoms with E-state index in [1.54, 1.807) is 59.9 Å². The second-order valence-corrected chi connectivity index (χ2v) is 9.59. The van der Waals surface area contributed by atoms with Crippen LogP contribution in [0.5, 0.6) is 5.75 Å². The molecule has 0 radical (unpaired) electrons. The van der Waals surface area contributed by atoms with Gasteiger partial charge in [-0.3, -0.25) is 4.79 Å². The van der Waals surface area contributed by atoms with Gasteiger partial charge in [0.05, 0.1) is 16.5 Å². The first-order chi connectivity index (χ1) is 14.8. The lowest BCUT2D eigenvalue weighted by atomic mass is 10.2. The first-order valence-corrected chi connectivity index (χ1v) is 12.0. The first kappa shape index (κ1) is 22.7. The molecular weight excluding hydrogens is 434 g/mol. The Labute approximate surface area is 185 Å². The number of nitrogens with one attached hydrogen (secondary N) is 2. The third kappa shape index (κ3) is 7.02. The summed E-state index contributed by atoms with van der Waals surface area (Å²) in [6.07, 6.45) is 1.48. The zero-order valence-corrected chi connectivity index (χ0v) is 18.6. The second kappa shape index (κ2) is 10.3. The standard InChI is InChI=1S/C22H23N3O4S2/c1-3-11-23-31(27,28)15-17-7-9-19(10-8-17)25-22(26)18-5-4-6-21(12-18)29-13-20-14-30-16(2)24-20/h3-10,12,14,23H,1,11,13,15H2,2H3,(H,25,26). The quantitative estimate of drug-likeness (QED) is 0.450. The van der Waals surface area contributed by atoms with Crippen molar-refractivity contribution in [1.82, 2.24) is 9.71 Å². The number of hydrogen-bond donors (Lipinski definition) is 2. The molecule has 7 nitrogen and oxygen atoms in total. The second-order valence-electron chi connectivity index (χ2n) is 6.72. The Bertz CT molecular complexity index is 1160. The highest BCUT2D eigenvalue weighted by atomic mass is 32.2. The molecule has 0 atom stereocenters. The van der Waals surface area contributed by atoms with Crippen molar-refractivity contribution in [2.75, 3.05) is 11.9 Å². The molecule has 31 heavy (non-hydrogen) atoms. The number of ether oxygens (including phenoxy) is 1. The molecule has 1 aromatic heterocycles. The Morgan fingerprint density at radius 3 is 2.68 bits per heavy atom. The van der Waals surface area contributed by atoms with E-state index in [-0.39, 0.29) is 18.2 Å². The van der Waals surface area contributed by atoms with Gasteiger partial charge in [0.2, 0.25) is 10.0 Å². The molecule has 3 rings (SSSR count). The van der Waals surface area contributed by atoms with E-state index in [0.29, 0.717) is 29.2 Å². The minimum atomic E-state index is -3.43. The van der Waals surface area contributed by atoms with Gasteiger partial charge in [0.15, 0.2) is 0 Å². The van der Waals surface area contributed by atoms with Crippen molar-refractivity contribution in [2.24, 2.45) is 0 Å². The highest BCUT2D eigenvalue weighted by Gasteiger charge is 2.11. The van der Waals surface area contributed by atoms with Crippen molar-refractivity contribution in [3.8, 4) is 5.75 Å². The number of carbonyl (C=O) groups excluding carboxylic acids is 1. The minimum Gasteiger partial charge on any atom is -0.487 e. The van der Waals surface area contributed by atoms with Crippen molar-refractivity contribution in [2.45, 2.75) is 19.3 Å². The fraction of sp³-hybridized carbons (Fsp3) is 0.182. The van der Waals surface area contributed by atoms with Crippen LogP contribution in [0.15, 0.2) is 66.6 Å². The van der Waals surface area contributed by atoms with Crippen LogP contribution in [0.2, 0.25) is 0 Å². The Morgan fingerprint density at radius 1 is 1.23 bits per heavy atom. The van der Waals surface area contributed by atoms with E-state index in [1.165, 1.54) is 6.08 Å². The third-order valence-corrected chi connectivity index (χ3v) is 6.31. The van der Waals surface area contributed by atoms with Crippen LogP contribution >= 0.6 is 11.3 Å². The number of nitrogens with zero attached hydrogens (tertiary/aromatic N) is 1. The average molecular weight is 458 g/mol. The zero-order chi connectivity index (χ0) is 22.3. The van der Waals surface area contributed by atoms with Gasteiger partial charge in [-0.2, -0.15) is 0 Å². The van der Waals surface area contributed by atoms with Gasteiger partial charge in [0, 0.05) is 23.2 Å². The third-order valence-electron chi connectivity index (χ3n) is 4.17. The highest BCUT2D eigenvalue weighted by Crippen LogP contribution is 2.18. The maximum atomic E-state index is 12.6. The monoisotopic (exact) mass is 457 g/mol. The number of aryl methyl sites for hydroxylation is 1. The van der Waals surface area contributed by atoms with Crippen LogP contribution < -0.4 is 14.8 Å². The van der Waals surface area contributed by atoms with Crippen molar-refractivity contribution in [3.63, 3.8) is 0 Å². The largest absolute Gasteiger partial charge is 0.487 e. The lowest BCUT2D eigenvalue weighted by molar-refractivity contribution is 0.102. The van der Waals surface area contributed by atoms with Crippen molar-refractivity contribution in [1.29, 1.82) is 0 Å². The SMILES string of the molecule is C=CCNS(=O)(=O)Cc1ccc(NC(=O)c2cccc(OCc3csc(C)n3)c2)cc1. The van der Waals surface area contributed by atoms with E-state index in [0.717, 1.165) is 10.7 Å². The van der Waals surface area contributed by atoms with E-state index in [2.05, 4.69) is 21.6 Å². The molecule has 0 saturated carbocycles. The molecule has 0 bridgehead atoms. The fourth-order valence-electron chi connectivity index (χ4n) is 2.70. The summed E-state index contributed by atoms with van der Waals surface area (Å²) in [5.74, 6) is 0.140. The van der Waals surface area contributed by atoms with E-state index >= 15 is 0 Å². The summed E-state index contributed by atoms with van der Waals surface area (Å²) in [7, 11) is -3.43. The number of hydrogen-bond acceptors (Lipinski definition) is 6. The molecule has 0 aliphatic carbocycles. The Morgan fingerprint density at radius 2 is 2.00 bits per heavy atom. The number of rotatable bonds is 10. The number of thiazole rings is 1. The van der Waals surface area contributed by atoms with Crippen molar-refractivity contribution in [3.05, 3.63) is 88.4 Å². The molecule has 2 aromatic carbocycles. The Hall–Kier alpha value is -3.01. The lowest BCUT2D eigenvalue weighted by Crippen LogP contribution is -2.25. The molecular formula is C22H23N3O4S2. The number of benzene rings is 2. The molecule has 2 N–H and O–H groups in total. The summed E-state index contributed by atoms with van der Waals surface area (Å²) in [6, 6.07) is 13.6. The van der Waals surface area contributed by atoms with Crippen LogP contribution in [0, 0.1) is 6.92 Å². The summed E-state index contributed by atoms with van der Waals surface area (Å²) in [4.78, 5) is 16.9. The summed E-state index contributed by atoms with van der Waals surface area (Å²) in [5, 5.41) is 5.72. The van der Waals surface area contributed by atoms with Crippen LogP contribution in [0.4, 0.5) is 5.69 Å². The lowest BCUT2D eigenvalue weighted by Gasteiger charge is -2.09. The van der Waals surface area contributed by atoms with Gasteiger partial charge in [-0.05, 0) is 42.8 Å².